The van der Waals surface area contributed by atoms with Gasteiger partial charge in [0.25, 0.3) is 0 Å². The topological polar surface area (TPSA) is 43.3 Å². The number of benzene rings is 1. The maximum Gasteiger partial charge on any atom is 0.162 e. The van der Waals surface area contributed by atoms with Crippen molar-refractivity contribution in [3.63, 3.8) is 0 Å². The molecular weight excluding hydrogens is 234 g/mol. The molecule has 1 aromatic carbocycles. The number of pyridine rings is 1. The molecule has 4 heteroatoms. The van der Waals surface area contributed by atoms with Crippen LogP contribution in [0.15, 0.2) is 48.8 Å². The number of hydrogen-bond donors (Lipinski definition) is 1. The second kappa shape index (κ2) is 3.79. The zero-order valence-corrected chi connectivity index (χ0v) is 9.72. The molecule has 0 aliphatic rings. The van der Waals surface area contributed by atoms with Gasteiger partial charge in [-0.15, -0.1) is 0 Å². The van der Waals surface area contributed by atoms with Gasteiger partial charge in [-0.3, -0.25) is 0 Å². The summed E-state index contributed by atoms with van der Waals surface area (Å²) in [5, 5.41) is 0.530. The molecule has 0 aliphatic heterocycles. The Morgan fingerprint density at radius 3 is 2.65 bits per heavy atom. The molecule has 3 aromatic rings. The van der Waals surface area contributed by atoms with Gasteiger partial charge in [-0.25, -0.2) is 4.98 Å². The van der Waals surface area contributed by atoms with Gasteiger partial charge >= 0.3 is 0 Å². The van der Waals surface area contributed by atoms with Crippen LogP contribution in [0, 0.1) is 0 Å². The van der Waals surface area contributed by atoms with Crippen molar-refractivity contribution in [2.75, 3.05) is 5.73 Å². The highest BCUT2D eigenvalue weighted by Crippen LogP contribution is 2.26. The standard InChI is InChI=1S/C13H10ClN3/c14-10-6-7-17-8-11(16-13(17)12(10)15)9-4-2-1-3-5-9/h1-8H,15H2. The van der Waals surface area contributed by atoms with E-state index in [0.29, 0.717) is 16.4 Å². The van der Waals surface area contributed by atoms with E-state index in [2.05, 4.69) is 4.98 Å². The summed E-state index contributed by atoms with van der Waals surface area (Å²) < 4.78 is 1.88. The van der Waals surface area contributed by atoms with Crippen LogP contribution in [0.2, 0.25) is 5.02 Å². The molecule has 2 N–H and O–H groups in total. The number of aromatic nitrogens is 2. The molecule has 0 spiro atoms. The van der Waals surface area contributed by atoms with E-state index in [1.807, 2.05) is 47.1 Å². The summed E-state index contributed by atoms with van der Waals surface area (Å²) in [6.45, 7) is 0. The van der Waals surface area contributed by atoms with Crippen LogP contribution in [0.4, 0.5) is 5.69 Å². The van der Waals surface area contributed by atoms with E-state index in [9.17, 15) is 0 Å². The predicted octanol–water partition coefficient (Wildman–Crippen LogP) is 3.24. The third-order valence-corrected chi connectivity index (χ3v) is 3.01. The van der Waals surface area contributed by atoms with Gasteiger partial charge in [0.2, 0.25) is 0 Å². The quantitative estimate of drug-likeness (QED) is 0.713. The van der Waals surface area contributed by atoms with E-state index in [0.717, 1.165) is 11.3 Å². The molecule has 3 nitrogen and oxygen atoms in total. The maximum absolute atomic E-state index is 5.96. The van der Waals surface area contributed by atoms with Crippen molar-refractivity contribution in [3.05, 3.63) is 53.8 Å². The van der Waals surface area contributed by atoms with Crippen LogP contribution in [0.1, 0.15) is 0 Å². The van der Waals surface area contributed by atoms with Crippen molar-refractivity contribution in [3.8, 4) is 11.3 Å². The van der Waals surface area contributed by atoms with Crippen LogP contribution in [0.25, 0.3) is 16.9 Å². The molecule has 3 rings (SSSR count). The number of nitrogen functional groups attached to an aromatic ring is 1. The number of rotatable bonds is 1. The van der Waals surface area contributed by atoms with Gasteiger partial charge in [-0.2, -0.15) is 0 Å². The third kappa shape index (κ3) is 1.65. The molecule has 0 saturated heterocycles. The summed E-state index contributed by atoms with van der Waals surface area (Å²) in [6, 6.07) is 11.7. The summed E-state index contributed by atoms with van der Waals surface area (Å²) in [4.78, 5) is 4.50. The number of halogens is 1. The lowest BCUT2D eigenvalue weighted by molar-refractivity contribution is 1.19. The van der Waals surface area contributed by atoms with E-state index < -0.39 is 0 Å². The summed E-state index contributed by atoms with van der Waals surface area (Å²) in [5.74, 6) is 0. The average molecular weight is 244 g/mol. The predicted molar refractivity (Wildman–Crippen MR) is 70.1 cm³/mol. The van der Waals surface area contributed by atoms with E-state index in [1.165, 1.54) is 0 Å². The zero-order chi connectivity index (χ0) is 11.8. The molecule has 0 amide bonds. The first-order chi connectivity index (χ1) is 8.25. The lowest BCUT2D eigenvalue weighted by Crippen LogP contribution is -1.92. The Hall–Kier alpha value is -2.00. The van der Waals surface area contributed by atoms with Crippen molar-refractivity contribution in [2.24, 2.45) is 0 Å². The van der Waals surface area contributed by atoms with E-state index in [1.54, 1.807) is 6.07 Å². The van der Waals surface area contributed by atoms with Crippen LogP contribution in [0.3, 0.4) is 0 Å². The number of nitrogens with two attached hydrogens (primary N) is 1. The second-order valence-corrected chi connectivity index (χ2v) is 4.21. The highest BCUT2D eigenvalue weighted by Gasteiger charge is 2.08. The molecule has 84 valence electrons. The van der Waals surface area contributed by atoms with Crippen molar-refractivity contribution >= 4 is 22.9 Å². The van der Waals surface area contributed by atoms with Gasteiger partial charge in [0.15, 0.2) is 5.65 Å². The minimum absolute atomic E-state index is 0.511. The number of imidazole rings is 1. The second-order valence-electron chi connectivity index (χ2n) is 3.80. The SMILES string of the molecule is Nc1c(Cl)ccn2cc(-c3ccccc3)nc12. The van der Waals surface area contributed by atoms with Crippen LogP contribution in [-0.2, 0) is 0 Å². The fourth-order valence-corrected chi connectivity index (χ4v) is 1.94. The fraction of sp³-hybridized carbons (Fsp3) is 0. The van der Waals surface area contributed by atoms with Gasteiger partial charge in [0.1, 0.15) is 0 Å². The zero-order valence-electron chi connectivity index (χ0n) is 8.97. The first-order valence-electron chi connectivity index (χ1n) is 5.24. The van der Waals surface area contributed by atoms with Crippen LogP contribution in [0.5, 0.6) is 0 Å². The fourth-order valence-electron chi connectivity index (χ4n) is 1.80. The van der Waals surface area contributed by atoms with Crippen molar-refractivity contribution < 1.29 is 0 Å². The highest BCUT2D eigenvalue weighted by molar-refractivity contribution is 6.33. The molecule has 0 radical (unpaired) electrons. The Kier molecular flexibility index (Phi) is 2.27. The van der Waals surface area contributed by atoms with Crippen molar-refractivity contribution in [1.29, 1.82) is 0 Å². The summed E-state index contributed by atoms with van der Waals surface area (Å²) in [7, 11) is 0. The Morgan fingerprint density at radius 2 is 1.88 bits per heavy atom. The molecule has 0 bridgehead atoms. The Bertz CT molecular complexity index is 674. The monoisotopic (exact) mass is 243 g/mol. The average Bonchev–Trinajstić information content (AvgIpc) is 2.80. The van der Waals surface area contributed by atoms with Gasteiger partial charge in [0, 0.05) is 18.0 Å². The van der Waals surface area contributed by atoms with E-state index in [-0.39, 0.29) is 0 Å². The number of fused-ring (bicyclic) bond motifs is 1. The molecule has 0 unspecified atom stereocenters. The van der Waals surface area contributed by atoms with E-state index in [4.69, 9.17) is 17.3 Å². The van der Waals surface area contributed by atoms with Gasteiger partial charge in [-0.05, 0) is 6.07 Å². The Morgan fingerprint density at radius 1 is 1.12 bits per heavy atom. The third-order valence-electron chi connectivity index (χ3n) is 2.68. The molecule has 17 heavy (non-hydrogen) atoms. The molecule has 0 fully saturated rings. The van der Waals surface area contributed by atoms with Crippen LogP contribution >= 0.6 is 11.6 Å². The van der Waals surface area contributed by atoms with E-state index >= 15 is 0 Å². The van der Waals surface area contributed by atoms with Gasteiger partial charge in [0.05, 0.1) is 16.4 Å². The summed E-state index contributed by atoms with van der Waals surface area (Å²) in [6.07, 6.45) is 3.80. The molecule has 0 aliphatic carbocycles. The lowest BCUT2D eigenvalue weighted by atomic mass is 10.2. The molecule has 0 atom stereocenters. The number of anilines is 1. The lowest BCUT2D eigenvalue weighted by Gasteiger charge is -1.98. The van der Waals surface area contributed by atoms with Crippen LogP contribution in [-0.4, -0.2) is 9.38 Å². The summed E-state index contributed by atoms with van der Waals surface area (Å²) >= 11 is 5.96. The minimum atomic E-state index is 0.511. The Balaban J connectivity index is 2.24. The summed E-state index contributed by atoms with van der Waals surface area (Å²) in [5.41, 5.74) is 9.05. The maximum atomic E-state index is 5.96. The van der Waals surface area contributed by atoms with Gasteiger partial charge < -0.3 is 10.1 Å². The molecular formula is C13H10ClN3. The number of hydrogen-bond acceptors (Lipinski definition) is 2. The molecule has 2 heterocycles. The van der Waals surface area contributed by atoms with Crippen LogP contribution < -0.4 is 5.73 Å². The first kappa shape index (κ1) is 10.2. The smallest absolute Gasteiger partial charge is 0.162 e. The molecule has 0 saturated carbocycles. The minimum Gasteiger partial charge on any atom is -0.394 e. The van der Waals surface area contributed by atoms with Gasteiger partial charge in [-0.1, -0.05) is 41.9 Å². The normalized spacial score (nSPS) is 10.9. The largest absolute Gasteiger partial charge is 0.394 e. The Labute approximate surface area is 103 Å². The van der Waals surface area contributed by atoms with Crippen molar-refractivity contribution in [1.82, 2.24) is 9.38 Å². The number of nitrogens with zero attached hydrogens (tertiary/aromatic N) is 2. The highest BCUT2D eigenvalue weighted by atomic mass is 35.5. The molecule has 2 aromatic heterocycles. The van der Waals surface area contributed by atoms with Crippen molar-refractivity contribution in [2.45, 2.75) is 0 Å². The first-order valence-corrected chi connectivity index (χ1v) is 5.61.